The third-order valence-corrected chi connectivity index (χ3v) is 5.51. The van der Waals surface area contributed by atoms with Crippen LogP contribution in [0, 0.1) is 0 Å². The van der Waals surface area contributed by atoms with Crippen LogP contribution in [0.15, 0.2) is 0 Å². The molecule has 0 saturated carbocycles. The van der Waals surface area contributed by atoms with Crippen LogP contribution in [-0.2, 0) is 27.8 Å². The lowest BCUT2D eigenvalue weighted by atomic mass is 10.4. The lowest BCUT2D eigenvalue weighted by Gasteiger charge is -2.14. The summed E-state index contributed by atoms with van der Waals surface area (Å²) in [5.74, 6) is 0. The quantitative estimate of drug-likeness (QED) is 0.241. The number of rotatable bonds is 15. The van der Waals surface area contributed by atoms with Crippen LogP contribution in [0.4, 0.5) is 0 Å². The van der Waals surface area contributed by atoms with Crippen LogP contribution in [0.3, 0.4) is 0 Å². The molecule has 20 heavy (non-hydrogen) atoms. The van der Waals surface area contributed by atoms with Crippen molar-refractivity contribution in [1.82, 2.24) is 0 Å². The van der Waals surface area contributed by atoms with E-state index in [0.717, 1.165) is 0 Å². The van der Waals surface area contributed by atoms with E-state index in [2.05, 4.69) is 0 Å². The summed E-state index contributed by atoms with van der Waals surface area (Å²) in [4.78, 5) is 0. The Morgan fingerprint density at radius 2 is 1.00 bits per heavy atom. The van der Waals surface area contributed by atoms with Crippen LogP contribution in [0.1, 0.15) is 12.8 Å². The van der Waals surface area contributed by atoms with Crippen molar-refractivity contribution in [3.63, 3.8) is 0 Å². The van der Waals surface area contributed by atoms with Crippen molar-refractivity contribution in [2.45, 2.75) is 37.5 Å². The van der Waals surface area contributed by atoms with Gasteiger partial charge in [-0.2, -0.15) is 0 Å². The number of unbranched alkanes of at least 4 members (excludes halogenated alkanes) is 1. The maximum atomic E-state index is 5.60. The first-order valence-corrected chi connectivity index (χ1v) is 10.2. The van der Waals surface area contributed by atoms with Crippen LogP contribution in [0.2, 0.25) is 12.1 Å². The van der Waals surface area contributed by atoms with Gasteiger partial charge in [0.25, 0.3) is 0 Å². The lowest BCUT2D eigenvalue weighted by molar-refractivity contribution is -0.122. The Labute approximate surface area is 127 Å². The molecule has 0 unspecified atom stereocenters. The van der Waals surface area contributed by atoms with Gasteiger partial charge in [-0.25, -0.2) is 0 Å². The maximum Gasteiger partial charge on any atom is 0.178 e. The lowest BCUT2D eigenvalue weighted by Crippen LogP contribution is -2.21. The summed E-state index contributed by atoms with van der Waals surface area (Å²) in [6.45, 7) is 1.10. The fraction of sp³-hybridized carbons (Fsp3) is 1.00. The molecule has 0 radical (unpaired) electrons. The van der Waals surface area contributed by atoms with Gasteiger partial charge in [-0.1, -0.05) is 12.8 Å². The third kappa shape index (κ3) is 12.0. The zero-order valence-electron chi connectivity index (χ0n) is 13.3. The molecule has 0 aromatic heterocycles. The molecule has 0 bridgehead atoms. The van der Waals surface area contributed by atoms with Crippen molar-refractivity contribution in [2.75, 3.05) is 41.7 Å². The van der Waals surface area contributed by atoms with Gasteiger partial charge in [0, 0.05) is 28.4 Å². The normalized spacial score (nSPS) is 12.9. The Morgan fingerprint density at radius 1 is 0.650 bits per heavy atom. The fourth-order valence-corrected chi connectivity index (χ4v) is 3.83. The number of hydrogen-bond acceptors (Lipinski definition) is 6. The van der Waals surface area contributed by atoms with Gasteiger partial charge in [0.1, 0.15) is 0 Å². The van der Waals surface area contributed by atoms with Crippen molar-refractivity contribution >= 4 is 19.5 Å². The van der Waals surface area contributed by atoms with Crippen LogP contribution < -0.4 is 0 Å². The maximum absolute atomic E-state index is 5.60. The molecule has 8 heteroatoms. The molecule has 0 fully saturated rings. The zero-order chi connectivity index (χ0) is 15.1. The summed E-state index contributed by atoms with van der Waals surface area (Å²) in [6, 6.07) is 2.40. The first-order chi connectivity index (χ1) is 9.78. The molecule has 6 nitrogen and oxygen atoms in total. The Kier molecular flexibility index (Phi) is 15.7. The molecule has 122 valence electrons. The standard InChI is InChI=1S/C12H30O6Si2/c1-13-11(14-2)9-17-19-7-5-6-8-20-18-10-12(15-3)16-4/h11-12H,5-10,19-20H2,1-4H3. The summed E-state index contributed by atoms with van der Waals surface area (Å²) in [5.41, 5.74) is 0. The minimum atomic E-state index is -0.435. The van der Waals surface area contributed by atoms with E-state index in [1.54, 1.807) is 28.4 Å². The highest BCUT2D eigenvalue weighted by atomic mass is 28.2. The molecular weight excluding hydrogens is 296 g/mol. The largest absolute Gasteiger partial charge is 0.419 e. The van der Waals surface area contributed by atoms with Gasteiger partial charge in [0.15, 0.2) is 32.1 Å². The molecule has 0 aliphatic carbocycles. The van der Waals surface area contributed by atoms with Crippen molar-refractivity contribution in [3.8, 4) is 0 Å². The van der Waals surface area contributed by atoms with Gasteiger partial charge in [0.2, 0.25) is 0 Å². The van der Waals surface area contributed by atoms with Gasteiger partial charge in [-0.15, -0.1) is 0 Å². The van der Waals surface area contributed by atoms with Crippen LogP contribution in [0.25, 0.3) is 0 Å². The molecule has 0 spiro atoms. The highest BCUT2D eigenvalue weighted by Gasteiger charge is 2.05. The Balaban J connectivity index is 3.17. The van der Waals surface area contributed by atoms with E-state index in [1.807, 2.05) is 0 Å². The number of hydrogen-bond donors (Lipinski definition) is 0. The Hall–Kier alpha value is 0.194. The first kappa shape index (κ1) is 20.2. The van der Waals surface area contributed by atoms with Gasteiger partial charge in [-0.3, -0.25) is 0 Å². The van der Waals surface area contributed by atoms with E-state index < -0.39 is 19.5 Å². The molecule has 0 N–H and O–H groups in total. The van der Waals surface area contributed by atoms with E-state index >= 15 is 0 Å². The average molecular weight is 327 g/mol. The van der Waals surface area contributed by atoms with Gasteiger partial charge >= 0.3 is 0 Å². The molecule has 0 amide bonds. The zero-order valence-corrected chi connectivity index (χ0v) is 16.1. The SMILES string of the molecule is COC(CO[SiH2]CCCC[SiH2]OCC(OC)OC)OC. The minimum absolute atomic E-state index is 0.224. The number of methoxy groups -OCH3 is 4. The van der Waals surface area contributed by atoms with Gasteiger partial charge in [-0.05, 0) is 12.1 Å². The molecular formula is C12H30O6Si2. The van der Waals surface area contributed by atoms with Crippen molar-refractivity contribution in [3.05, 3.63) is 0 Å². The average Bonchev–Trinajstić information content (AvgIpc) is 2.49. The smallest absolute Gasteiger partial charge is 0.178 e. The van der Waals surface area contributed by atoms with Crippen LogP contribution >= 0.6 is 0 Å². The molecule has 0 aliphatic heterocycles. The second kappa shape index (κ2) is 15.6. The second-order valence-corrected chi connectivity index (χ2v) is 7.41. The minimum Gasteiger partial charge on any atom is -0.419 e. The molecule has 0 saturated heterocycles. The Bertz CT molecular complexity index is 171. The monoisotopic (exact) mass is 326 g/mol. The highest BCUT2D eigenvalue weighted by Crippen LogP contribution is 2.02. The van der Waals surface area contributed by atoms with Crippen LogP contribution in [0.5, 0.6) is 0 Å². The molecule has 0 aromatic rings. The number of ether oxygens (including phenoxy) is 4. The molecule has 0 heterocycles. The Morgan fingerprint density at radius 3 is 1.30 bits per heavy atom. The third-order valence-electron chi connectivity index (χ3n) is 2.89. The topological polar surface area (TPSA) is 55.4 Å². The molecule has 0 atom stereocenters. The molecule has 0 aliphatic rings. The second-order valence-electron chi connectivity index (χ2n) is 4.37. The molecule has 0 rings (SSSR count). The molecule has 0 aromatic carbocycles. The van der Waals surface area contributed by atoms with E-state index in [9.17, 15) is 0 Å². The summed E-state index contributed by atoms with van der Waals surface area (Å²) >= 11 is 0. The van der Waals surface area contributed by atoms with Crippen LogP contribution in [-0.4, -0.2) is 73.8 Å². The predicted octanol–water partition coefficient (Wildman–Crippen LogP) is 0.0418. The summed E-state index contributed by atoms with van der Waals surface area (Å²) in [7, 11) is 5.64. The van der Waals surface area contributed by atoms with Crippen molar-refractivity contribution < 1.29 is 27.8 Å². The van der Waals surface area contributed by atoms with Crippen molar-refractivity contribution in [1.29, 1.82) is 0 Å². The van der Waals surface area contributed by atoms with E-state index in [0.29, 0.717) is 13.2 Å². The first-order valence-electron chi connectivity index (χ1n) is 7.05. The van der Waals surface area contributed by atoms with Crippen molar-refractivity contribution in [2.24, 2.45) is 0 Å². The summed E-state index contributed by atoms with van der Waals surface area (Å²) in [5, 5.41) is 0. The van der Waals surface area contributed by atoms with Gasteiger partial charge < -0.3 is 27.8 Å². The predicted molar refractivity (Wildman–Crippen MR) is 83.5 cm³/mol. The highest BCUT2D eigenvalue weighted by molar-refractivity contribution is 6.27. The van der Waals surface area contributed by atoms with E-state index in [-0.39, 0.29) is 12.6 Å². The fourth-order valence-electron chi connectivity index (χ4n) is 1.59. The van der Waals surface area contributed by atoms with Gasteiger partial charge in [0.05, 0.1) is 13.2 Å². The van der Waals surface area contributed by atoms with E-state index in [1.165, 1.54) is 24.9 Å². The summed E-state index contributed by atoms with van der Waals surface area (Å²) < 4.78 is 31.4. The van der Waals surface area contributed by atoms with E-state index in [4.69, 9.17) is 27.8 Å². The summed E-state index contributed by atoms with van der Waals surface area (Å²) in [6.07, 6.45) is 2.01.